The van der Waals surface area contributed by atoms with Gasteiger partial charge in [0.05, 0.1) is 5.69 Å². The van der Waals surface area contributed by atoms with Gasteiger partial charge in [0, 0.05) is 17.1 Å². The van der Waals surface area contributed by atoms with E-state index < -0.39 is 0 Å². The molecular formula is C12H16N4S2. The number of nitrogens with zero attached hydrogens (tertiary/aromatic N) is 3. The van der Waals surface area contributed by atoms with Gasteiger partial charge in [-0.1, -0.05) is 30.0 Å². The summed E-state index contributed by atoms with van der Waals surface area (Å²) in [5.74, 6) is 0. The van der Waals surface area contributed by atoms with Crippen LogP contribution in [0.15, 0.2) is 27.6 Å². The lowest BCUT2D eigenvalue weighted by Crippen LogP contribution is -2.18. The smallest absolute Gasteiger partial charge is 0.179 e. The molecule has 1 unspecified atom stereocenters. The van der Waals surface area contributed by atoms with Crippen molar-refractivity contribution >= 4 is 23.1 Å². The molecule has 0 aliphatic carbocycles. The summed E-state index contributed by atoms with van der Waals surface area (Å²) in [6.45, 7) is 7.12. The van der Waals surface area contributed by atoms with E-state index in [-0.39, 0.29) is 6.04 Å². The Hall–Kier alpha value is -0.980. The molecule has 0 fully saturated rings. The molecular weight excluding hydrogens is 264 g/mol. The van der Waals surface area contributed by atoms with Gasteiger partial charge in [-0.25, -0.2) is 0 Å². The van der Waals surface area contributed by atoms with Crippen molar-refractivity contribution in [1.82, 2.24) is 20.5 Å². The van der Waals surface area contributed by atoms with Crippen LogP contribution < -0.4 is 5.32 Å². The highest BCUT2D eigenvalue weighted by atomic mass is 32.2. The van der Waals surface area contributed by atoms with E-state index in [1.807, 2.05) is 13.1 Å². The van der Waals surface area contributed by atoms with Crippen LogP contribution in [0, 0.1) is 6.92 Å². The Morgan fingerprint density at radius 3 is 2.78 bits per heavy atom. The third-order valence-electron chi connectivity index (χ3n) is 2.43. The van der Waals surface area contributed by atoms with Gasteiger partial charge in [0.1, 0.15) is 5.01 Å². The predicted molar refractivity (Wildman–Crippen MR) is 75.1 cm³/mol. The van der Waals surface area contributed by atoms with Gasteiger partial charge >= 0.3 is 0 Å². The highest BCUT2D eigenvalue weighted by Gasteiger charge is 2.07. The van der Waals surface area contributed by atoms with Gasteiger partial charge in [-0.2, -0.15) is 0 Å². The van der Waals surface area contributed by atoms with Crippen molar-refractivity contribution in [3.63, 3.8) is 0 Å². The molecule has 0 aliphatic rings. The molecule has 2 rings (SSSR count). The fraction of sp³-hybridized carbons (Fsp3) is 0.417. The Balaban J connectivity index is 2.03. The molecule has 0 spiro atoms. The molecule has 0 saturated heterocycles. The number of aryl methyl sites for hydroxylation is 1. The Labute approximate surface area is 115 Å². The maximum atomic E-state index is 4.47. The quantitative estimate of drug-likeness (QED) is 0.912. The summed E-state index contributed by atoms with van der Waals surface area (Å²) in [4.78, 5) is 5.57. The van der Waals surface area contributed by atoms with Gasteiger partial charge in [-0.15, -0.1) is 10.2 Å². The zero-order valence-electron chi connectivity index (χ0n) is 10.7. The summed E-state index contributed by atoms with van der Waals surface area (Å²) >= 11 is 3.21. The van der Waals surface area contributed by atoms with Crippen molar-refractivity contribution in [3.8, 4) is 0 Å². The molecule has 0 saturated carbocycles. The van der Waals surface area contributed by atoms with Crippen molar-refractivity contribution in [3.05, 3.63) is 29.0 Å². The van der Waals surface area contributed by atoms with E-state index in [0.717, 1.165) is 26.5 Å². The fourth-order valence-corrected chi connectivity index (χ4v) is 3.30. The second-order valence-corrected chi connectivity index (χ2v) is 6.39. The standard InChI is InChI=1S/C12H16N4S2/c1-4-13-8(2)11-6-5-10(7-14-11)18-12-16-15-9(3)17-12/h5-8,13H,4H2,1-3H3. The van der Waals surface area contributed by atoms with E-state index in [0.29, 0.717) is 0 Å². The number of aromatic nitrogens is 3. The zero-order valence-corrected chi connectivity index (χ0v) is 12.3. The number of pyridine rings is 1. The van der Waals surface area contributed by atoms with Gasteiger partial charge in [0.15, 0.2) is 4.34 Å². The summed E-state index contributed by atoms with van der Waals surface area (Å²) in [6, 6.07) is 4.43. The lowest BCUT2D eigenvalue weighted by Gasteiger charge is -2.11. The molecule has 4 nitrogen and oxygen atoms in total. The third kappa shape index (κ3) is 3.51. The number of hydrogen-bond donors (Lipinski definition) is 1. The lowest BCUT2D eigenvalue weighted by molar-refractivity contribution is 0.582. The van der Waals surface area contributed by atoms with Gasteiger partial charge in [0.25, 0.3) is 0 Å². The summed E-state index contributed by atoms with van der Waals surface area (Å²) < 4.78 is 0.960. The normalized spacial score (nSPS) is 12.6. The van der Waals surface area contributed by atoms with Crippen molar-refractivity contribution < 1.29 is 0 Å². The highest BCUT2D eigenvalue weighted by molar-refractivity contribution is 8.01. The minimum atomic E-state index is 0.290. The first-order valence-electron chi connectivity index (χ1n) is 5.86. The van der Waals surface area contributed by atoms with E-state index in [1.54, 1.807) is 23.1 Å². The minimum absolute atomic E-state index is 0.290. The van der Waals surface area contributed by atoms with Gasteiger partial charge in [0.2, 0.25) is 0 Å². The average Bonchev–Trinajstić information content (AvgIpc) is 2.76. The minimum Gasteiger partial charge on any atom is -0.309 e. The summed E-state index contributed by atoms with van der Waals surface area (Å²) in [7, 11) is 0. The van der Waals surface area contributed by atoms with Crippen molar-refractivity contribution in [2.45, 2.75) is 36.0 Å². The maximum absolute atomic E-state index is 4.47. The first kappa shape index (κ1) is 13.5. The largest absolute Gasteiger partial charge is 0.309 e. The zero-order chi connectivity index (χ0) is 13.0. The molecule has 96 valence electrons. The number of hydrogen-bond acceptors (Lipinski definition) is 6. The topological polar surface area (TPSA) is 50.7 Å². The Kier molecular flexibility index (Phi) is 4.68. The summed E-state index contributed by atoms with van der Waals surface area (Å²) in [5.41, 5.74) is 1.06. The second-order valence-electron chi connectivity index (χ2n) is 3.89. The maximum Gasteiger partial charge on any atom is 0.179 e. The number of nitrogens with one attached hydrogen (secondary N) is 1. The molecule has 0 aromatic carbocycles. The van der Waals surface area contributed by atoms with Crippen LogP contribution in [0.1, 0.15) is 30.6 Å². The first-order valence-corrected chi connectivity index (χ1v) is 7.49. The van der Waals surface area contributed by atoms with Crippen molar-refractivity contribution in [2.24, 2.45) is 0 Å². The van der Waals surface area contributed by atoms with Crippen LogP contribution in [0.25, 0.3) is 0 Å². The molecule has 0 bridgehead atoms. The number of rotatable bonds is 5. The average molecular weight is 280 g/mol. The Morgan fingerprint density at radius 2 is 2.22 bits per heavy atom. The Bertz CT molecular complexity index is 495. The molecule has 1 N–H and O–H groups in total. The van der Waals surface area contributed by atoms with E-state index in [1.165, 1.54) is 0 Å². The fourth-order valence-electron chi connectivity index (χ4n) is 1.54. The molecule has 0 radical (unpaired) electrons. The van der Waals surface area contributed by atoms with Gasteiger partial charge in [-0.05, 0) is 32.5 Å². The van der Waals surface area contributed by atoms with Gasteiger partial charge < -0.3 is 5.32 Å². The molecule has 1 atom stereocenters. The summed E-state index contributed by atoms with van der Waals surface area (Å²) in [5, 5.41) is 12.4. The van der Waals surface area contributed by atoms with Crippen LogP contribution in [0.4, 0.5) is 0 Å². The highest BCUT2D eigenvalue weighted by Crippen LogP contribution is 2.29. The van der Waals surface area contributed by atoms with Crippen LogP contribution in [0.2, 0.25) is 0 Å². The van der Waals surface area contributed by atoms with E-state index in [4.69, 9.17) is 0 Å². The SMILES string of the molecule is CCNC(C)c1ccc(Sc2nnc(C)s2)cn1. The molecule has 2 heterocycles. The molecule has 18 heavy (non-hydrogen) atoms. The van der Waals surface area contributed by atoms with Crippen LogP contribution >= 0.6 is 23.1 Å². The molecule has 0 amide bonds. The monoisotopic (exact) mass is 280 g/mol. The van der Waals surface area contributed by atoms with Crippen LogP contribution in [0.5, 0.6) is 0 Å². The molecule has 2 aromatic rings. The van der Waals surface area contributed by atoms with Gasteiger partial charge in [-0.3, -0.25) is 4.98 Å². The Morgan fingerprint density at radius 1 is 1.39 bits per heavy atom. The van der Waals surface area contributed by atoms with Crippen LogP contribution in [0.3, 0.4) is 0 Å². The van der Waals surface area contributed by atoms with E-state index >= 15 is 0 Å². The van der Waals surface area contributed by atoms with Crippen LogP contribution in [-0.2, 0) is 0 Å². The van der Waals surface area contributed by atoms with Crippen LogP contribution in [-0.4, -0.2) is 21.7 Å². The molecule has 0 aliphatic heterocycles. The first-order chi connectivity index (χ1) is 8.69. The van der Waals surface area contributed by atoms with E-state index in [9.17, 15) is 0 Å². The summed E-state index contributed by atoms with van der Waals surface area (Å²) in [6.07, 6.45) is 1.89. The van der Waals surface area contributed by atoms with E-state index in [2.05, 4.69) is 46.5 Å². The molecule has 2 aromatic heterocycles. The van der Waals surface area contributed by atoms with Crippen molar-refractivity contribution in [1.29, 1.82) is 0 Å². The van der Waals surface area contributed by atoms with Crippen molar-refractivity contribution in [2.75, 3.05) is 6.54 Å². The molecule has 6 heteroatoms. The second kappa shape index (κ2) is 6.26. The lowest BCUT2D eigenvalue weighted by atomic mass is 10.2. The predicted octanol–water partition coefficient (Wildman–Crippen LogP) is 3.06. The third-order valence-corrected chi connectivity index (χ3v) is 4.29.